The maximum Gasteiger partial charge on any atom is 0.163 e. The van der Waals surface area contributed by atoms with Gasteiger partial charge < -0.3 is 5.43 Å². The number of nitrogens with zero attached hydrogens (tertiary/aromatic N) is 4. The molecule has 2 heterocycles. The SMILES string of the molecule is CCCSCc1nc(NN)c2cnn(C)c2n1. The van der Waals surface area contributed by atoms with E-state index in [0.717, 1.165) is 34.8 Å². The third kappa shape index (κ3) is 2.50. The van der Waals surface area contributed by atoms with Gasteiger partial charge in [0.15, 0.2) is 11.5 Å². The number of hydrogen-bond acceptors (Lipinski definition) is 6. The van der Waals surface area contributed by atoms with Crippen LogP contribution in [0.3, 0.4) is 0 Å². The summed E-state index contributed by atoms with van der Waals surface area (Å²) in [6.45, 7) is 2.16. The Morgan fingerprint density at radius 2 is 2.29 bits per heavy atom. The number of hydrazine groups is 1. The van der Waals surface area contributed by atoms with E-state index >= 15 is 0 Å². The van der Waals surface area contributed by atoms with Crippen LogP contribution in [0.5, 0.6) is 0 Å². The average molecular weight is 252 g/mol. The second kappa shape index (κ2) is 5.33. The Hall–Kier alpha value is -1.34. The number of fused-ring (bicyclic) bond motifs is 1. The van der Waals surface area contributed by atoms with Gasteiger partial charge in [-0.3, -0.25) is 4.68 Å². The number of nitrogen functional groups attached to an aromatic ring is 1. The molecular formula is C10H16N6S. The van der Waals surface area contributed by atoms with E-state index in [1.807, 2.05) is 18.8 Å². The molecular weight excluding hydrogens is 236 g/mol. The predicted molar refractivity (Wildman–Crippen MR) is 70.6 cm³/mol. The molecule has 0 unspecified atom stereocenters. The standard InChI is InChI=1S/C10H16N6S/c1-3-4-17-6-8-13-9(15-11)7-5-12-16(2)10(7)14-8/h5H,3-4,6,11H2,1-2H3,(H,13,14,15). The lowest BCUT2D eigenvalue weighted by Crippen LogP contribution is -2.11. The van der Waals surface area contributed by atoms with Crippen LogP contribution in [0.2, 0.25) is 0 Å². The molecule has 0 amide bonds. The van der Waals surface area contributed by atoms with Crippen LogP contribution in [-0.2, 0) is 12.8 Å². The smallest absolute Gasteiger partial charge is 0.163 e. The summed E-state index contributed by atoms with van der Waals surface area (Å²) < 4.78 is 1.73. The van der Waals surface area contributed by atoms with Gasteiger partial charge in [0.05, 0.1) is 17.3 Å². The van der Waals surface area contributed by atoms with Gasteiger partial charge in [-0.1, -0.05) is 6.92 Å². The Morgan fingerprint density at radius 1 is 1.47 bits per heavy atom. The van der Waals surface area contributed by atoms with Crippen molar-refractivity contribution in [3.63, 3.8) is 0 Å². The van der Waals surface area contributed by atoms with Crippen LogP contribution >= 0.6 is 11.8 Å². The summed E-state index contributed by atoms with van der Waals surface area (Å²) in [5.41, 5.74) is 3.41. The van der Waals surface area contributed by atoms with Gasteiger partial charge >= 0.3 is 0 Å². The monoisotopic (exact) mass is 252 g/mol. The molecule has 0 aromatic carbocycles. The van der Waals surface area contributed by atoms with Gasteiger partial charge in [-0.05, 0) is 12.2 Å². The number of thioether (sulfide) groups is 1. The van der Waals surface area contributed by atoms with E-state index in [1.54, 1.807) is 10.9 Å². The summed E-state index contributed by atoms with van der Waals surface area (Å²) in [4.78, 5) is 8.87. The van der Waals surface area contributed by atoms with E-state index in [2.05, 4.69) is 27.4 Å². The van der Waals surface area contributed by atoms with Gasteiger partial charge in [-0.15, -0.1) is 0 Å². The molecule has 0 spiro atoms. The zero-order chi connectivity index (χ0) is 12.3. The zero-order valence-electron chi connectivity index (χ0n) is 9.97. The first-order chi connectivity index (χ1) is 8.26. The van der Waals surface area contributed by atoms with E-state index < -0.39 is 0 Å². The Balaban J connectivity index is 2.33. The number of aromatic nitrogens is 4. The molecule has 2 aromatic heterocycles. The van der Waals surface area contributed by atoms with Crippen molar-refractivity contribution in [3.05, 3.63) is 12.0 Å². The number of hydrogen-bond donors (Lipinski definition) is 2. The quantitative estimate of drug-likeness (QED) is 0.474. The second-order valence-electron chi connectivity index (χ2n) is 3.69. The topological polar surface area (TPSA) is 81.6 Å². The van der Waals surface area contributed by atoms with Crippen molar-refractivity contribution in [2.24, 2.45) is 12.9 Å². The van der Waals surface area contributed by atoms with Gasteiger partial charge in [0, 0.05) is 7.05 Å². The highest BCUT2D eigenvalue weighted by atomic mass is 32.2. The molecule has 0 fully saturated rings. The highest BCUT2D eigenvalue weighted by molar-refractivity contribution is 7.98. The lowest BCUT2D eigenvalue weighted by atomic mass is 10.4. The molecule has 7 heteroatoms. The first-order valence-corrected chi connectivity index (χ1v) is 6.64. The minimum absolute atomic E-state index is 0.634. The average Bonchev–Trinajstić information content (AvgIpc) is 2.71. The Morgan fingerprint density at radius 3 is 3.00 bits per heavy atom. The first-order valence-electron chi connectivity index (χ1n) is 5.49. The van der Waals surface area contributed by atoms with Crippen LogP contribution < -0.4 is 11.3 Å². The van der Waals surface area contributed by atoms with E-state index in [9.17, 15) is 0 Å². The van der Waals surface area contributed by atoms with Crippen molar-refractivity contribution in [2.75, 3.05) is 11.2 Å². The maximum atomic E-state index is 5.46. The molecule has 0 aliphatic rings. The summed E-state index contributed by atoms with van der Waals surface area (Å²) in [6, 6.07) is 0. The van der Waals surface area contributed by atoms with Crippen molar-refractivity contribution in [2.45, 2.75) is 19.1 Å². The maximum absolute atomic E-state index is 5.46. The van der Waals surface area contributed by atoms with Crippen LogP contribution in [0.15, 0.2) is 6.20 Å². The number of anilines is 1. The fourth-order valence-electron chi connectivity index (χ4n) is 1.55. The van der Waals surface area contributed by atoms with E-state index in [0.29, 0.717) is 5.82 Å². The minimum atomic E-state index is 0.634. The predicted octanol–water partition coefficient (Wildman–Crippen LogP) is 1.29. The first kappa shape index (κ1) is 12.1. The van der Waals surface area contributed by atoms with Crippen molar-refractivity contribution >= 4 is 28.6 Å². The lowest BCUT2D eigenvalue weighted by Gasteiger charge is -2.05. The molecule has 92 valence electrons. The summed E-state index contributed by atoms with van der Waals surface area (Å²) in [6.07, 6.45) is 2.87. The molecule has 2 aromatic rings. The van der Waals surface area contributed by atoms with Gasteiger partial charge in [-0.2, -0.15) is 16.9 Å². The molecule has 0 bridgehead atoms. The van der Waals surface area contributed by atoms with Crippen LogP contribution in [-0.4, -0.2) is 25.5 Å². The van der Waals surface area contributed by atoms with Crippen LogP contribution in [0.1, 0.15) is 19.2 Å². The van der Waals surface area contributed by atoms with E-state index in [1.165, 1.54) is 0 Å². The number of nitrogens with one attached hydrogen (secondary N) is 1. The second-order valence-corrected chi connectivity index (χ2v) is 4.80. The molecule has 6 nitrogen and oxygen atoms in total. The van der Waals surface area contributed by atoms with Crippen LogP contribution in [0.25, 0.3) is 11.0 Å². The molecule has 17 heavy (non-hydrogen) atoms. The molecule has 0 aliphatic carbocycles. The Kier molecular flexibility index (Phi) is 3.80. The number of rotatable bonds is 5. The van der Waals surface area contributed by atoms with E-state index in [-0.39, 0.29) is 0 Å². The molecule has 0 atom stereocenters. The number of aryl methyl sites for hydroxylation is 1. The normalized spacial score (nSPS) is 11.0. The highest BCUT2D eigenvalue weighted by Gasteiger charge is 2.10. The zero-order valence-corrected chi connectivity index (χ0v) is 10.8. The third-order valence-corrected chi connectivity index (χ3v) is 3.51. The molecule has 0 radical (unpaired) electrons. The minimum Gasteiger partial charge on any atom is -0.308 e. The Labute approximate surface area is 104 Å². The lowest BCUT2D eigenvalue weighted by molar-refractivity contribution is 0.782. The fraction of sp³-hybridized carbons (Fsp3) is 0.500. The summed E-state index contributed by atoms with van der Waals surface area (Å²) in [7, 11) is 1.86. The van der Waals surface area contributed by atoms with Gasteiger partial charge in [0.25, 0.3) is 0 Å². The molecule has 0 saturated heterocycles. The summed E-state index contributed by atoms with van der Waals surface area (Å²) in [5.74, 6) is 8.79. The molecule has 3 N–H and O–H groups in total. The van der Waals surface area contributed by atoms with Crippen LogP contribution in [0, 0.1) is 0 Å². The van der Waals surface area contributed by atoms with Crippen molar-refractivity contribution in [3.8, 4) is 0 Å². The third-order valence-electron chi connectivity index (χ3n) is 2.35. The number of nitrogens with two attached hydrogens (primary N) is 1. The summed E-state index contributed by atoms with van der Waals surface area (Å²) in [5, 5.41) is 5.00. The molecule has 2 rings (SSSR count). The highest BCUT2D eigenvalue weighted by Crippen LogP contribution is 2.20. The van der Waals surface area contributed by atoms with Gasteiger partial charge in [0.2, 0.25) is 0 Å². The van der Waals surface area contributed by atoms with Crippen molar-refractivity contribution in [1.29, 1.82) is 0 Å². The largest absolute Gasteiger partial charge is 0.308 e. The Bertz CT molecular complexity index is 509. The summed E-state index contributed by atoms with van der Waals surface area (Å²) >= 11 is 1.82. The van der Waals surface area contributed by atoms with Crippen molar-refractivity contribution < 1.29 is 0 Å². The van der Waals surface area contributed by atoms with Gasteiger partial charge in [0.1, 0.15) is 5.82 Å². The van der Waals surface area contributed by atoms with Crippen LogP contribution in [0.4, 0.5) is 5.82 Å². The van der Waals surface area contributed by atoms with E-state index in [4.69, 9.17) is 5.84 Å². The van der Waals surface area contributed by atoms with Gasteiger partial charge in [-0.25, -0.2) is 15.8 Å². The molecule has 0 saturated carbocycles. The molecule has 0 aliphatic heterocycles. The fourth-order valence-corrected chi connectivity index (χ4v) is 2.29. The van der Waals surface area contributed by atoms with Crippen molar-refractivity contribution in [1.82, 2.24) is 19.7 Å².